The molecule has 0 atom stereocenters. The Kier molecular flexibility index (Phi) is 5.03. The minimum atomic E-state index is -0.354. The topological polar surface area (TPSA) is 72.2 Å². The largest absolute Gasteiger partial charge is 0.325 e. The van der Waals surface area contributed by atoms with Crippen LogP contribution in [0.5, 0.6) is 0 Å². The number of benzene rings is 2. The van der Waals surface area contributed by atoms with Gasteiger partial charge in [0.25, 0.3) is 0 Å². The van der Waals surface area contributed by atoms with E-state index in [2.05, 4.69) is 20.6 Å². The van der Waals surface area contributed by atoms with Crippen molar-refractivity contribution in [3.63, 3.8) is 0 Å². The number of amides is 1. The average Bonchev–Trinajstić information content (AvgIpc) is 3.11. The number of carbonyl (C=O) groups is 1. The molecule has 0 fully saturated rings. The van der Waals surface area contributed by atoms with Crippen molar-refractivity contribution in [1.82, 2.24) is 19.8 Å². The number of aryl methyl sites for hydroxylation is 1. The van der Waals surface area contributed by atoms with Crippen LogP contribution in [0.25, 0.3) is 17.0 Å². The molecule has 140 valence electrons. The van der Waals surface area contributed by atoms with Crippen molar-refractivity contribution in [1.29, 1.82) is 0 Å². The first-order valence-electron chi connectivity index (χ1n) is 8.56. The van der Waals surface area contributed by atoms with Crippen LogP contribution in [-0.2, 0) is 4.79 Å². The summed E-state index contributed by atoms with van der Waals surface area (Å²) >= 11 is 1.30. The van der Waals surface area contributed by atoms with E-state index >= 15 is 0 Å². The van der Waals surface area contributed by atoms with E-state index < -0.39 is 0 Å². The molecule has 0 spiro atoms. The molecule has 0 bridgehead atoms. The highest BCUT2D eigenvalue weighted by atomic mass is 32.2. The van der Waals surface area contributed by atoms with Crippen LogP contribution in [0.2, 0.25) is 0 Å². The molecule has 0 aliphatic heterocycles. The van der Waals surface area contributed by atoms with Gasteiger partial charge in [0.05, 0.1) is 5.75 Å². The Labute approximate surface area is 164 Å². The van der Waals surface area contributed by atoms with Crippen molar-refractivity contribution in [2.24, 2.45) is 0 Å². The quantitative estimate of drug-likeness (QED) is 0.520. The molecule has 0 unspecified atom stereocenters. The Morgan fingerprint density at radius 3 is 2.71 bits per heavy atom. The molecule has 2 heterocycles. The Hall–Kier alpha value is -3.26. The van der Waals surface area contributed by atoms with Crippen LogP contribution in [0.3, 0.4) is 0 Å². The predicted octanol–water partition coefficient (Wildman–Crippen LogP) is 3.97. The molecule has 0 aliphatic carbocycles. The number of hydrogen-bond donors (Lipinski definition) is 1. The molecule has 0 saturated heterocycles. The van der Waals surface area contributed by atoms with Crippen LogP contribution in [0, 0.1) is 12.7 Å². The Morgan fingerprint density at radius 1 is 1.11 bits per heavy atom. The van der Waals surface area contributed by atoms with E-state index in [-0.39, 0.29) is 17.5 Å². The minimum absolute atomic E-state index is 0.120. The highest BCUT2D eigenvalue weighted by molar-refractivity contribution is 7.99. The van der Waals surface area contributed by atoms with E-state index in [1.54, 1.807) is 28.8 Å². The number of fused-ring (bicyclic) bond motifs is 1. The van der Waals surface area contributed by atoms with E-state index in [9.17, 15) is 9.18 Å². The maximum atomic E-state index is 13.5. The van der Waals surface area contributed by atoms with Crippen LogP contribution >= 0.6 is 11.8 Å². The van der Waals surface area contributed by atoms with E-state index in [4.69, 9.17) is 0 Å². The van der Waals surface area contributed by atoms with Crippen molar-refractivity contribution in [3.8, 4) is 11.4 Å². The Balaban J connectivity index is 1.49. The second-order valence-electron chi connectivity index (χ2n) is 6.18. The lowest BCUT2D eigenvalue weighted by Gasteiger charge is -2.06. The Morgan fingerprint density at radius 2 is 1.93 bits per heavy atom. The fraction of sp³-hybridized carbons (Fsp3) is 0.100. The molecule has 2 aromatic carbocycles. The molecule has 28 heavy (non-hydrogen) atoms. The van der Waals surface area contributed by atoms with E-state index in [0.717, 1.165) is 11.3 Å². The van der Waals surface area contributed by atoms with E-state index in [1.165, 1.54) is 23.9 Å². The predicted molar refractivity (Wildman–Crippen MR) is 107 cm³/mol. The smallest absolute Gasteiger partial charge is 0.234 e. The number of nitrogens with zero attached hydrogens (tertiary/aromatic N) is 4. The molecule has 0 aliphatic rings. The third-order valence-electron chi connectivity index (χ3n) is 4.01. The van der Waals surface area contributed by atoms with Crippen LogP contribution in [0.15, 0.2) is 65.7 Å². The summed E-state index contributed by atoms with van der Waals surface area (Å²) in [5.74, 6) is 0.183. The lowest BCUT2D eigenvalue weighted by Crippen LogP contribution is -2.14. The van der Waals surface area contributed by atoms with Gasteiger partial charge >= 0.3 is 0 Å². The fourth-order valence-corrected chi connectivity index (χ4v) is 3.28. The molecule has 8 heteroatoms. The summed E-state index contributed by atoms with van der Waals surface area (Å²) in [7, 11) is 0. The summed E-state index contributed by atoms with van der Waals surface area (Å²) in [6.45, 7) is 1.99. The molecule has 4 aromatic rings. The average molecular weight is 393 g/mol. The fourth-order valence-electron chi connectivity index (χ4n) is 2.63. The van der Waals surface area contributed by atoms with E-state index in [1.807, 2.05) is 31.2 Å². The summed E-state index contributed by atoms with van der Waals surface area (Å²) in [4.78, 5) is 12.2. The van der Waals surface area contributed by atoms with Crippen molar-refractivity contribution in [2.75, 3.05) is 11.1 Å². The number of thioether (sulfide) groups is 1. The molecule has 6 nitrogen and oxygen atoms in total. The molecule has 1 amide bonds. The molecule has 2 aromatic heterocycles. The van der Waals surface area contributed by atoms with Crippen LogP contribution < -0.4 is 5.32 Å². The second kappa shape index (κ2) is 7.77. The summed E-state index contributed by atoms with van der Waals surface area (Å²) in [6.07, 6.45) is 0. The van der Waals surface area contributed by atoms with Gasteiger partial charge in [-0.2, -0.15) is 9.61 Å². The second-order valence-corrected chi connectivity index (χ2v) is 7.17. The number of anilines is 1. The van der Waals surface area contributed by atoms with Crippen molar-refractivity contribution < 1.29 is 9.18 Å². The van der Waals surface area contributed by atoms with Gasteiger partial charge < -0.3 is 5.32 Å². The number of rotatable bonds is 5. The number of halogens is 1. The highest BCUT2D eigenvalue weighted by Crippen LogP contribution is 2.21. The zero-order valence-corrected chi connectivity index (χ0v) is 15.8. The first kappa shape index (κ1) is 18.1. The van der Waals surface area contributed by atoms with Crippen molar-refractivity contribution in [3.05, 3.63) is 72.0 Å². The zero-order valence-electron chi connectivity index (χ0n) is 15.0. The van der Waals surface area contributed by atoms with Crippen LogP contribution in [0.4, 0.5) is 10.1 Å². The first-order chi connectivity index (χ1) is 13.6. The summed E-state index contributed by atoms with van der Waals surface area (Å²) in [6, 6.07) is 17.3. The summed E-state index contributed by atoms with van der Waals surface area (Å²) in [5.41, 5.74) is 3.02. The third-order valence-corrected chi connectivity index (χ3v) is 4.93. The molecule has 4 rings (SSSR count). The monoisotopic (exact) mass is 393 g/mol. The number of nitrogens with one attached hydrogen (secondary N) is 1. The molecular formula is C20H16FN5OS. The van der Waals surface area contributed by atoms with Gasteiger partial charge in [0.2, 0.25) is 5.91 Å². The Bertz CT molecular complexity index is 1140. The van der Waals surface area contributed by atoms with E-state index in [0.29, 0.717) is 22.1 Å². The first-order valence-corrected chi connectivity index (χ1v) is 9.55. The number of carbonyl (C=O) groups excluding carboxylic acids is 1. The summed E-state index contributed by atoms with van der Waals surface area (Å²) < 4.78 is 15.1. The van der Waals surface area contributed by atoms with Crippen LogP contribution in [0.1, 0.15) is 5.56 Å². The van der Waals surface area contributed by atoms with Gasteiger partial charge in [-0.05, 0) is 43.3 Å². The maximum absolute atomic E-state index is 13.5. The van der Waals surface area contributed by atoms with Gasteiger partial charge in [0, 0.05) is 11.3 Å². The number of aromatic nitrogens is 4. The SMILES string of the molecule is Cc1ccc(NC(=O)CSc2ccc3nnc(-c4cccc(F)c4)n3n2)cc1. The third kappa shape index (κ3) is 4.01. The lowest BCUT2D eigenvalue weighted by atomic mass is 10.2. The molecular weight excluding hydrogens is 377 g/mol. The van der Waals surface area contributed by atoms with Gasteiger partial charge in [-0.3, -0.25) is 4.79 Å². The van der Waals surface area contributed by atoms with Gasteiger partial charge in [-0.25, -0.2) is 4.39 Å². The molecule has 1 N–H and O–H groups in total. The number of hydrogen-bond acceptors (Lipinski definition) is 5. The summed E-state index contributed by atoms with van der Waals surface area (Å²) in [5, 5.41) is 16.1. The van der Waals surface area contributed by atoms with Gasteiger partial charge in [-0.1, -0.05) is 41.6 Å². The molecule has 0 saturated carbocycles. The van der Waals surface area contributed by atoms with Crippen molar-refractivity contribution >= 4 is 29.0 Å². The van der Waals surface area contributed by atoms with Gasteiger partial charge in [0.1, 0.15) is 10.8 Å². The highest BCUT2D eigenvalue weighted by Gasteiger charge is 2.12. The normalized spacial score (nSPS) is 10.9. The lowest BCUT2D eigenvalue weighted by molar-refractivity contribution is -0.113. The van der Waals surface area contributed by atoms with Crippen molar-refractivity contribution in [2.45, 2.75) is 11.9 Å². The molecule has 0 radical (unpaired) electrons. The maximum Gasteiger partial charge on any atom is 0.234 e. The minimum Gasteiger partial charge on any atom is -0.325 e. The van der Waals surface area contributed by atoms with Gasteiger partial charge in [-0.15, -0.1) is 10.2 Å². The van der Waals surface area contributed by atoms with Crippen LogP contribution in [-0.4, -0.2) is 31.5 Å². The standard InChI is InChI=1S/C20H16FN5OS/c1-13-5-7-16(8-6-13)22-18(27)12-28-19-10-9-17-23-24-20(26(17)25-19)14-3-2-4-15(21)11-14/h2-11H,12H2,1H3,(H,22,27). The van der Waals surface area contributed by atoms with Gasteiger partial charge in [0.15, 0.2) is 11.5 Å². The zero-order chi connectivity index (χ0) is 19.5.